The summed E-state index contributed by atoms with van der Waals surface area (Å²) in [6, 6.07) is 7.42. The van der Waals surface area contributed by atoms with Crippen molar-refractivity contribution in [2.24, 2.45) is 0 Å². The minimum absolute atomic E-state index is 0.118. The quantitative estimate of drug-likeness (QED) is 0.514. The third kappa shape index (κ3) is 2.67. The van der Waals surface area contributed by atoms with E-state index in [1.54, 1.807) is 12.1 Å². The molecule has 0 aliphatic heterocycles. The number of hydrogen-bond donors (Lipinski definition) is 0. The van der Waals surface area contributed by atoms with Gasteiger partial charge in [-0.1, -0.05) is 11.6 Å². The van der Waals surface area contributed by atoms with Crippen molar-refractivity contribution in [2.45, 2.75) is 13.0 Å². The van der Waals surface area contributed by atoms with Crippen molar-refractivity contribution in [3.05, 3.63) is 44.8 Å². The third-order valence-corrected chi connectivity index (χ3v) is 4.30. The minimum atomic E-state index is -2.57. The number of thiophene rings is 1. The van der Waals surface area contributed by atoms with E-state index in [1.807, 2.05) is 0 Å². The Balaban J connectivity index is 2.24. The number of hydrogen-bond acceptors (Lipinski definition) is 4. The maximum atomic E-state index is 12.7. The zero-order valence-electron chi connectivity index (χ0n) is 10.9. The second-order valence-corrected chi connectivity index (χ2v) is 6.20. The van der Waals surface area contributed by atoms with Crippen molar-refractivity contribution in [1.29, 1.82) is 0 Å². The summed E-state index contributed by atoms with van der Waals surface area (Å²) in [7, 11) is 0. The van der Waals surface area contributed by atoms with Crippen LogP contribution in [0.25, 0.3) is 21.5 Å². The van der Waals surface area contributed by atoms with Crippen LogP contribution in [0.4, 0.5) is 14.5 Å². The number of rotatable bonds is 4. The highest BCUT2D eigenvalue weighted by atomic mass is 35.5. The largest absolute Gasteiger partial charge is 0.270 e. The van der Waals surface area contributed by atoms with Crippen LogP contribution in [-0.2, 0) is 6.54 Å². The van der Waals surface area contributed by atoms with Gasteiger partial charge in [0.2, 0.25) is 0 Å². The van der Waals surface area contributed by atoms with E-state index in [-0.39, 0.29) is 5.69 Å². The standard InChI is InChI=1S/C13H8ClF2N3O2S/c14-11-4-3-10(22-11)13-8-5-7(19(20)21)1-2-9(8)18(17-13)6-12(15)16/h1-5,12H,6H2. The molecular formula is C13H8ClF2N3O2S. The summed E-state index contributed by atoms with van der Waals surface area (Å²) in [5.74, 6) is 0. The topological polar surface area (TPSA) is 61.0 Å². The summed E-state index contributed by atoms with van der Waals surface area (Å²) in [6.07, 6.45) is -2.57. The Morgan fingerprint density at radius 2 is 2.14 bits per heavy atom. The first-order chi connectivity index (χ1) is 10.5. The number of nitrogens with zero attached hydrogens (tertiary/aromatic N) is 3. The summed E-state index contributed by atoms with van der Waals surface area (Å²) in [6.45, 7) is -0.576. The van der Waals surface area contributed by atoms with Crippen molar-refractivity contribution >= 4 is 39.5 Å². The summed E-state index contributed by atoms with van der Waals surface area (Å²) < 4.78 is 27.1. The molecule has 2 aromatic heterocycles. The number of aromatic nitrogens is 2. The van der Waals surface area contributed by atoms with Gasteiger partial charge in [-0.15, -0.1) is 11.3 Å². The Kier molecular flexibility index (Phi) is 3.79. The van der Waals surface area contributed by atoms with E-state index < -0.39 is 17.9 Å². The molecule has 0 saturated carbocycles. The Morgan fingerprint density at radius 3 is 2.73 bits per heavy atom. The predicted octanol–water partition coefficient (Wildman–Crippen LogP) is 4.59. The number of fused-ring (bicyclic) bond motifs is 1. The van der Waals surface area contributed by atoms with E-state index in [4.69, 9.17) is 11.6 Å². The molecule has 0 aliphatic carbocycles. The fourth-order valence-electron chi connectivity index (χ4n) is 2.17. The van der Waals surface area contributed by atoms with Gasteiger partial charge in [-0.2, -0.15) is 5.10 Å². The van der Waals surface area contributed by atoms with Crippen molar-refractivity contribution in [3.63, 3.8) is 0 Å². The molecule has 0 radical (unpaired) electrons. The van der Waals surface area contributed by atoms with E-state index in [1.165, 1.54) is 29.5 Å². The number of halogens is 3. The monoisotopic (exact) mass is 343 g/mol. The minimum Gasteiger partial charge on any atom is -0.258 e. The van der Waals surface area contributed by atoms with Crippen molar-refractivity contribution in [1.82, 2.24) is 9.78 Å². The van der Waals surface area contributed by atoms with Gasteiger partial charge < -0.3 is 0 Å². The highest BCUT2D eigenvalue weighted by Crippen LogP contribution is 2.36. The molecule has 2 heterocycles. The van der Waals surface area contributed by atoms with Crippen LogP contribution in [0.15, 0.2) is 30.3 Å². The summed E-state index contributed by atoms with van der Waals surface area (Å²) in [4.78, 5) is 11.1. The van der Waals surface area contributed by atoms with Gasteiger partial charge >= 0.3 is 0 Å². The maximum Gasteiger partial charge on any atom is 0.270 e. The summed E-state index contributed by atoms with van der Waals surface area (Å²) in [5.41, 5.74) is 0.717. The molecule has 1 aromatic carbocycles. The van der Waals surface area contributed by atoms with Crippen molar-refractivity contribution < 1.29 is 13.7 Å². The normalized spacial score (nSPS) is 11.5. The SMILES string of the molecule is O=[N+]([O-])c1ccc2c(c1)c(-c1ccc(Cl)s1)nn2CC(F)F. The lowest BCUT2D eigenvalue weighted by molar-refractivity contribution is -0.384. The van der Waals surface area contributed by atoms with Crippen LogP contribution >= 0.6 is 22.9 Å². The zero-order valence-corrected chi connectivity index (χ0v) is 12.4. The number of alkyl halides is 2. The lowest BCUT2D eigenvalue weighted by Gasteiger charge is -2.01. The van der Waals surface area contributed by atoms with Crippen LogP contribution in [0.1, 0.15) is 0 Å². The molecule has 0 aliphatic rings. The van der Waals surface area contributed by atoms with Gasteiger partial charge in [0.1, 0.15) is 12.2 Å². The molecule has 114 valence electrons. The van der Waals surface area contributed by atoms with Gasteiger partial charge in [0.15, 0.2) is 0 Å². The van der Waals surface area contributed by atoms with Crippen LogP contribution < -0.4 is 0 Å². The predicted molar refractivity (Wildman–Crippen MR) is 80.7 cm³/mol. The first-order valence-electron chi connectivity index (χ1n) is 6.14. The molecule has 0 fully saturated rings. The maximum absolute atomic E-state index is 12.7. The molecule has 0 amide bonds. The van der Waals surface area contributed by atoms with Crippen molar-refractivity contribution in [2.75, 3.05) is 0 Å². The lowest BCUT2D eigenvalue weighted by atomic mass is 10.1. The summed E-state index contributed by atoms with van der Waals surface area (Å²) in [5, 5.41) is 15.6. The molecule has 3 rings (SSSR count). The molecule has 0 spiro atoms. The fourth-order valence-corrected chi connectivity index (χ4v) is 3.22. The Morgan fingerprint density at radius 1 is 1.36 bits per heavy atom. The molecule has 5 nitrogen and oxygen atoms in total. The van der Waals surface area contributed by atoms with Crippen LogP contribution in [-0.4, -0.2) is 21.1 Å². The van der Waals surface area contributed by atoms with E-state index in [0.717, 1.165) is 4.68 Å². The first-order valence-corrected chi connectivity index (χ1v) is 7.34. The molecule has 0 bridgehead atoms. The van der Waals surface area contributed by atoms with Crippen molar-refractivity contribution in [3.8, 4) is 10.6 Å². The van der Waals surface area contributed by atoms with E-state index >= 15 is 0 Å². The van der Waals surface area contributed by atoms with Gasteiger partial charge in [-0.25, -0.2) is 8.78 Å². The van der Waals surface area contributed by atoms with Gasteiger partial charge in [0.25, 0.3) is 12.1 Å². The smallest absolute Gasteiger partial charge is 0.258 e. The fraction of sp³-hybridized carbons (Fsp3) is 0.154. The molecule has 0 unspecified atom stereocenters. The number of non-ortho nitro benzene ring substituents is 1. The highest BCUT2D eigenvalue weighted by molar-refractivity contribution is 7.19. The first kappa shape index (κ1) is 14.9. The second kappa shape index (κ2) is 5.62. The highest BCUT2D eigenvalue weighted by Gasteiger charge is 2.19. The average Bonchev–Trinajstić information content (AvgIpc) is 3.02. The van der Waals surface area contributed by atoms with Crippen LogP contribution in [0.5, 0.6) is 0 Å². The molecule has 0 atom stereocenters. The third-order valence-electron chi connectivity index (χ3n) is 3.06. The molecule has 9 heteroatoms. The second-order valence-electron chi connectivity index (χ2n) is 4.48. The van der Waals surface area contributed by atoms with Crippen LogP contribution in [0.3, 0.4) is 0 Å². The van der Waals surface area contributed by atoms with Crippen LogP contribution in [0.2, 0.25) is 4.34 Å². The Hall–Kier alpha value is -2.06. The van der Waals surface area contributed by atoms with E-state index in [9.17, 15) is 18.9 Å². The molecule has 0 N–H and O–H groups in total. The molecule has 0 saturated heterocycles. The number of nitro benzene ring substituents is 1. The molecule has 3 aromatic rings. The van der Waals surface area contributed by atoms with Gasteiger partial charge in [-0.3, -0.25) is 14.8 Å². The average molecular weight is 344 g/mol. The van der Waals surface area contributed by atoms with Gasteiger partial charge in [0.05, 0.1) is 19.7 Å². The van der Waals surface area contributed by atoms with Gasteiger partial charge in [-0.05, 0) is 18.2 Å². The molecule has 22 heavy (non-hydrogen) atoms. The van der Waals surface area contributed by atoms with E-state index in [2.05, 4.69) is 5.10 Å². The number of nitro groups is 1. The zero-order chi connectivity index (χ0) is 15.9. The van der Waals surface area contributed by atoms with E-state index in [0.29, 0.717) is 25.8 Å². The van der Waals surface area contributed by atoms with Crippen LogP contribution in [0, 0.1) is 10.1 Å². The lowest BCUT2D eigenvalue weighted by Crippen LogP contribution is -2.07. The Bertz CT molecular complexity index is 862. The van der Waals surface area contributed by atoms with Gasteiger partial charge in [0, 0.05) is 17.5 Å². The summed E-state index contributed by atoms with van der Waals surface area (Å²) >= 11 is 7.12. The molecular weight excluding hydrogens is 336 g/mol. The Labute approximate surface area is 131 Å². The number of benzene rings is 1.